The van der Waals surface area contributed by atoms with Crippen molar-refractivity contribution in [2.45, 2.75) is 71.6 Å². The lowest BCUT2D eigenvalue weighted by Gasteiger charge is -2.32. The van der Waals surface area contributed by atoms with Crippen LogP contribution in [0.4, 0.5) is 22.0 Å². The van der Waals surface area contributed by atoms with Crippen molar-refractivity contribution in [3.63, 3.8) is 0 Å². The van der Waals surface area contributed by atoms with E-state index < -0.39 is 60.6 Å². The van der Waals surface area contributed by atoms with Crippen LogP contribution in [0, 0.1) is 11.3 Å². The number of aromatic nitrogens is 6. The molecule has 1 fully saturated rings. The van der Waals surface area contributed by atoms with E-state index in [1.54, 1.807) is 37.0 Å². The fraction of sp³-hybridized carbons (Fsp3) is 0.441. The zero-order chi connectivity index (χ0) is 38.0. The van der Waals surface area contributed by atoms with E-state index in [1.807, 2.05) is 0 Å². The van der Waals surface area contributed by atoms with Crippen molar-refractivity contribution >= 4 is 29.4 Å². The van der Waals surface area contributed by atoms with Crippen molar-refractivity contribution in [2.24, 2.45) is 22.1 Å². The fourth-order valence-corrected chi connectivity index (χ4v) is 5.33. The lowest BCUT2D eigenvalue weighted by Crippen LogP contribution is -2.48. The molecule has 0 bridgehead atoms. The first kappa shape index (κ1) is 38.3. The summed E-state index contributed by atoms with van der Waals surface area (Å²) in [5.74, 6) is -2.68. The number of nitrogens with one attached hydrogen (secondary N) is 1. The van der Waals surface area contributed by atoms with Gasteiger partial charge in [0.05, 0.1) is 34.4 Å². The molecule has 12 nitrogen and oxygen atoms in total. The Kier molecular flexibility index (Phi) is 11.3. The molecule has 2 amide bonds. The van der Waals surface area contributed by atoms with E-state index in [4.69, 9.17) is 17.3 Å². The van der Waals surface area contributed by atoms with Gasteiger partial charge in [0.15, 0.2) is 11.8 Å². The first-order valence-electron chi connectivity index (χ1n) is 16.5. The third-order valence-corrected chi connectivity index (χ3v) is 9.03. The highest BCUT2D eigenvalue weighted by atomic mass is 35.5. The highest BCUT2D eigenvalue weighted by Gasteiger charge is 2.46. The van der Waals surface area contributed by atoms with E-state index in [0.29, 0.717) is 11.3 Å². The van der Waals surface area contributed by atoms with Crippen LogP contribution >= 0.6 is 11.6 Å². The molecule has 1 aliphatic carbocycles. The predicted octanol–water partition coefficient (Wildman–Crippen LogP) is 6.70. The van der Waals surface area contributed by atoms with Crippen LogP contribution in [0.5, 0.6) is 0 Å². The molecule has 0 aliphatic heterocycles. The molecule has 2 aromatic carbocycles. The number of halogens is 6. The summed E-state index contributed by atoms with van der Waals surface area (Å²) in [5.41, 5.74) is 6.00. The molecule has 1 aliphatic rings. The molecule has 4 aromatic rings. The number of nitrogens with two attached hydrogens (primary N) is 1. The molecule has 2 aromatic heterocycles. The van der Waals surface area contributed by atoms with Gasteiger partial charge in [-0.25, -0.2) is 18.4 Å². The van der Waals surface area contributed by atoms with Gasteiger partial charge in [-0.15, -0.1) is 0 Å². The largest absolute Gasteiger partial charge is 0.394 e. The second-order valence-electron chi connectivity index (χ2n) is 13.4. The smallest absolute Gasteiger partial charge is 0.369 e. The monoisotopic (exact) mass is 748 g/mol. The van der Waals surface area contributed by atoms with E-state index in [2.05, 4.69) is 30.6 Å². The van der Waals surface area contributed by atoms with Gasteiger partial charge in [0.2, 0.25) is 5.91 Å². The summed E-state index contributed by atoms with van der Waals surface area (Å²) in [4.78, 5) is 37.8. The Labute approximate surface area is 301 Å². The average molecular weight is 749 g/mol. The number of hydrogen-bond donors (Lipinski definition) is 2. The van der Waals surface area contributed by atoms with E-state index >= 15 is 0 Å². The molecule has 0 spiro atoms. The number of carbonyl (C=O) groups excluding carboxylic acids is 2. The molecule has 1 saturated carbocycles. The van der Waals surface area contributed by atoms with E-state index in [-0.39, 0.29) is 40.3 Å². The van der Waals surface area contributed by atoms with Gasteiger partial charge in [-0.2, -0.15) is 33.3 Å². The summed E-state index contributed by atoms with van der Waals surface area (Å²) >= 11 is 6.44. The number of hydrogen-bond acceptors (Lipinski definition) is 7. The Balaban J connectivity index is 1.58. The molecule has 1 atom stereocenters. The van der Waals surface area contributed by atoms with E-state index in [1.165, 1.54) is 30.3 Å². The highest BCUT2D eigenvalue weighted by Crippen LogP contribution is 2.40. The predicted molar refractivity (Wildman–Crippen MR) is 183 cm³/mol. The summed E-state index contributed by atoms with van der Waals surface area (Å²) in [6, 6.07) is 9.78. The maximum atomic E-state index is 14.5. The van der Waals surface area contributed by atoms with Crippen LogP contribution in [0.15, 0.2) is 60.0 Å². The van der Waals surface area contributed by atoms with Crippen molar-refractivity contribution in [1.29, 1.82) is 0 Å². The number of alkyl halides is 5. The molecule has 0 unspecified atom stereocenters. The van der Waals surface area contributed by atoms with E-state index in [0.717, 1.165) is 42.6 Å². The van der Waals surface area contributed by atoms with Gasteiger partial charge in [0.1, 0.15) is 12.0 Å². The molecule has 2 heterocycles. The van der Waals surface area contributed by atoms with Crippen LogP contribution in [0.25, 0.3) is 16.9 Å². The molecule has 3 N–H and O–H groups in total. The van der Waals surface area contributed by atoms with Crippen LogP contribution in [0.1, 0.15) is 87.2 Å². The summed E-state index contributed by atoms with van der Waals surface area (Å²) in [7, 11) is 0. The Morgan fingerprint density at radius 3 is 2.40 bits per heavy atom. The Morgan fingerprint density at radius 1 is 1.10 bits per heavy atom. The number of benzene rings is 2. The molecule has 0 saturated heterocycles. The summed E-state index contributed by atoms with van der Waals surface area (Å²) in [6.45, 7) is 4.73. The zero-order valence-corrected chi connectivity index (χ0v) is 29.5. The van der Waals surface area contributed by atoms with Gasteiger partial charge in [0, 0.05) is 30.1 Å². The number of amides is 2. The molecule has 278 valence electrons. The van der Waals surface area contributed by atoms with Gasteiger partial charge in [-0.05, 0) is 49.1 Å². The lowest BCUT2D eigenvalue weighted by molar-refractivity contribution is -0.212. The Bertz CT molecular complexity index is 1920. The number of aliphatic imine (C=N–C) groups is 1. The second-order valence-corrected chi connectivity index (χ2v) is 13.8. The molecule has 0 radical (unpaired) electrons. The molecular formula is C34H38ClF5N10O2. The minimum absolute atomic E-state index is 0.00872. The highest BCUT2D eigenvalue weighted by molar-refractivity contribution is 6.32. The van der Waals surface area contributed by atoms with Gasteiger partial charge in [-0.3, -0.25) is 19.5 Å². The van der Waals surface area contributed by atoms with Crippen molar-refractivity contribution in [3.8, 4) is 16.9 Å². The lowest BCUT2D eigenvalue weighted by atomic mass is 9.89. The van der Waals surface area contributed by atoms with Gasteiger partial charge in [-0.1, -0.05) is 57.5 Å². The van der Waals surface area contributed by atoms with Gasteiger partial charge in [0.25, 0.3) is 12.3 Å². The van der Waals surface area contributed by atoms with Crippen molar-refractivity contribution in [3.05, 3.63) is 77.0 Å². The van der Waals surface area contributed by atoms with E-state index in [9.17, 15) is 31.5 Å². The molecule has 5 rings (SSSR count). The van der Waals surface area contributed by atoms with Crippen LogP contribution in [0.3, 0.4) is 0 Å². The van der Waals surface area contributed by atoms with Gasteiger partial charge < -0.3 is 11.1 Å². The first-order valence-corrected chi connectivity index (χ1v) is 16.8. The summed E-state index contributed by atoms with van der Waals surface area (Å²) in [6.07, 6.45) is -3.44. The standard InChI is InChI=1S/C34H38ClF5N10O2/c1-19(2)30(51)43-17-27(22-9-12-24(35)26(15-22)49-29(28(36)37)44-18-46-49)48(32(41)42-14-13-33(3,4)34(38,39)40)31(52)21-7-5-20(6-8-21)25-16-45-50(47-25)23-10-11-23/h5-9,12,15-16,18-19,23,27-28H,10-11,13-14,17H2,1-4H3,(H2,41,42)(H,43,51)/t27-/m1/s1. The molecular weight excluding hydrogens is 711 g/mol. The molecule has 18 heteroatoms. The topological polar surface area (TPSA) is 149 Å². The van der Waals surface area contributed by atoms with Crippen molar-refractivity contribution in [2.75, 3.05) is 13.1 Å². The first-order chi connectivity index (χ1) is 24.5. The fourth-order valence-electron chi connectivity index (χ4n) is 5.13. The SMILES string of the molecule is CC(C)C(=O)NC[C@H](c1ccc(Cl)c(-n2ncnc2C(F)F)c1)N(C(=O)c1ccc(-c2cnn(C3CC3)n2)cc1)C(N)=NCCC(C)(C)C(F)(F)F. The Morgan fingerprint density at radius 2 is 1.79 bits per heavy atom. The Hall–Kier alpha value is -4.93. The average Bonchev–Trinajstić information content (AvgIpc) is 3.60. The summed E-state index contributed by atoms with van der Waals surface area (Å²) < 4.78 is 69.5. The molecule has 52 heavy (non-hydrogen) atoms. The number of guanidine groups is 1. The number of rotatable bonds is 13. The maximum Gasteiger partial charge on any atom is 0.394 e. The maximum absolute atomic E-state index is 14.5. The van der Waals surface area contributed by atoms with Crippen LogP contribution in [-0.4, -0.2) is 71.7 Å². The van der Waals surface area contributed by atoms with Crippen molar-refractivity contribution < 1.29 is 31.5 Å². The second kappa shape index (κ2) is 15.4. The number of nitrogens with zero attached hydrogens (tertiary/aromatic N) is 8. The third kappa shape index (κ3) is 8.57. The van der Waals surface area contributed by atoms with Crippen LogP contribution < -0.4 is 11.1 Å². The number of carbonyl (C=O) groups is 2. The van der Waals surface area contributed by atoms with Gasteiger partial charge >= 0.3 is 6.18 Å². The van der Waals surface area contributed by atoms with Crippen LogP contribution in [0.2, 0.25) is 5.02 Å². The zero-order valence-electron chi connectivity index (χ0n) is 28.8. The van der Waals surface area contributed by atoms with Crippen molar-refractivity contribution in [1.82, 2.24) is 40.0 Å². The quantitative estimate of drug-likeness (QED) is 0.0878. The van der Waals surface area contributed by atoms with Crippen LogP contribution in [-0.2, 0) is 4.79 Å². The minimum atomic E-state index is -4.53. The normalized spacial score (nSPS) is 14.6. The summed E-state index contributed by atoms with van der Waals surface area (Å²) in [5, 5.41) is 15.5. The minimum Gasteiger partial charge on any atom is -0.369 e. The third-order valence-electron chi connectivity index (χ3n) is 8.71.